The van der Waals surface area contributed by atoms with E-state index in [0.717, 1.165) is 0 Å². The summed E-state index contributed by atoms with van der Waals surface area (Å²) >= 11 is 1.49. The number of nitrogens with one attached hydrogen (secondary N) is 1. The molecule has 0 bridgehead atoms. The molecule has 5 nitrogen and oxygen atoms in total. The molecule has 1 rings (SSSR count). The number of nitrogens with zero attached hydrogens (tertiary/aromatic N) is 1. The fourth-order valence-electron chi connectivity index (χ4n) is 1.58. The summed E-state index contributed by atoms with van der Waals surface area (Å²) in [4.78, 5) is 24.2. The monoisotopic (exact) mass is 260 g/mol. The lowest BCUT2D eigenvalue weighted by Crippen LogP contribution is -2.44. The topological polar surface area (TPSA) is 69.6 Å². The number of aliphatic carboxylic acids is 1. The molecule has 0 spiro atoms. The Balaban J connectivity index is 2.40. The average molecular weight is 260 g/mol. The molecule has 98 valence electrons. The Kier molecular flexibility index (Phi) is 4.82. The number of thioether (sulfide) groups is 1. The summed E-state index contributed by atoms with van der Waals surface area (Å²) in [5.41, 5.74) is -0.0216. The predicted molar refractivity (Wildman–Crippen MR) is 68.0 cm³/mol. The third kappa shape index (κ3) is 4.55. The lowest BCUT2D eigenvalue weighted by Gasteiger charge is -2.23. The normalized spacial score (nSPS) is 20.6. The quantitative estimate of drug-likeness (QED) is 0.780. The minimum Gasteiger partial charge on any atom is -0.480 e. The van der Waals surface area contributed by atoms with E-state index >= 15 is 0 Å². The third-order valence-electron chi connectivity index (χ3n) is 2.48. The van der Waals surface area contributed by atoms with Crippen molar-refractivity contribution in [1.82, 2.24) is 10.2 Å². The Hall–Kier alpha value is -0.750. The summed E-state index contributed by atoms with van der Waals surface area (Å²) in [6.45, 7) is 6.67. The number of carbonyl (C=O) groups is 2. The number of hydrogen-bond acceptors (Lipinski definition) is 4. The number of amides is 1. The molecule has 0 unspecified atom stereocenters. The molecular formula is C11H20N2O3S. The van der Waals surface area contributed by atoms with Crippen molar-refractivity contribution in [2.24, 2.45) is 0 Å². The molecule has 1 saturated heterocycles. The Morgan fingerprint density at radius 2 is 2.12 bits per heavy atom. The minimum atomic E-state index is -0.910. The molecule has 1 amide bonds. The van der Waals surface area contributed by atoms with Gasteiger partial charge in [0.15, 0.2) is 0 Å². The highest BCUT2D eigenvalue weighted by atomic mass is 32.2. The molecule has 0 aromatic rings. The first-order valence-electron chi connectivity index (χ1n) is 5.66. The summed E-state index contributed by atoms with van der Waals surface area (Å²) in [5.74, 6) is -0.00898. The summed E-state index contributed by atoms with van der Waals surface area (Å²) < 4.78 is 0. The molecule has 2 N–H and O–H groups in total. The van der Waals surface area contributed by atoms with E-state index in [1.54, 1.807) is 0 Å². The van der Waals surface area contributed by atoms with Gasteiger partial charge in [-0.15, -0.1) is 11.8 Å². The smallest absolute Gasteiger partial charge is 0.327 e. The van der Waals surface area contributed by atoms with E-state index < -0.39 is 12.0 Å². The second-order valence-corrected chi connectivity index (χ2v) is 6.14. The maximum atomic E-state index is 11.9. The molecule has 0 aromatic heterocycles. The molecule has 0 aromatic carbocycles. The van der Waals surface area contributed by atoms with Gasteiger partial charge in [-0.2, -0.15) is 0 Å². The van der Waals surface area contributed by atoms with Gasteiger partial charge in [-0.1, -0.05) is 0 Å². The first-order chi connectivity index (χ1) is 7.81. The summed E-state index contributed by atoms with van der Waals surface area (Å²) in [6.07, 6.45) is 0.349. The van der Waals surface area contributed by atoms with Crippen molar-refractivity contribution in [3.63, 3.8) is 0 Å². The fraction of sp³-hybridized carbons (Fsp3) is 0.818. The van der Waals surface area contributed by atoms with Gasteiger partial charge < -0.3 is 15.3 Å². The van der Waals surface area contributed by atoms with Crippen molar-refractivity contribution in [3.05, 3.63) is 0 Å². The average Bonchev–Trinajstić information content (AvgIpc) is 2.63. The lowest BCUT2D eigenvalue weighted by atomic mass is 10.1. The van der Waals surface area contributed by atoms with Crippen LogP contribution in [0.15, 0.2) is 0 Å². The molecule has 6 heteroatoms. The Labute approximate surface area is 106 Å². The first kappa shape index (κ1) is 14.3. The number of rotatable bonds is 4. The van der Waals surface area contributed by atoms with Gasteiger partial charge in [-0.05, 0) is 20.8 Å². The van der Waals surface area contributed by atoms with Crippen molar-refractivity contribution in [2.45, 2.75) is 38.8 Å². The van der Waals surface area contributed by atoms with Crippen LogP contribution in [0.3, 0.4) is 0 Å². The van der Waals surface area contributed by atoms with Crippen LogP contribution in [-0.2, 0) is 9.59 Å². The molecule has 1 aliphatic heterocycles. The number of carboxylic acid groups (broad SMARTS) is 1. The van der Waals surface area contributed by atoms with Crippen LogP contribution in [0, 0.1) is 0 Å². The summed E-state index contributed by atoms with van der Waals surface area (Å²) in [6, 6.07) is -0.651. The molecule has 1 heterocycles. The Morgan fingerprint density at radius 3 is 2.65 bits per heavy atom. The van der Waals surface area contributed by atoms with Crippen molar-refractivity contribution in [3.8, 4) is 0 Å². The van der Waals surface area contributed by atoms with Crippen LogP contribution in [-0.4, -0.2) is 51.6 Å². The van der Waals surface area contributed by atoms with E-state index in [-0.39, 0.29) is 11.4 Å². The van der Waals surface area contributed by atoms with Gasteiger partial charge in [0.25, 0.3) is 0 Å². The van der Waals surface area contributed by atoms with Crippen molar-refractivity contribution in [1.29, 1.82) is 0 Å². The molecule has 1 atom stereocenters. The predicted octanol–water partition coefficient (Wildman–Crippen LogP) is 0.751. The summed E-state index contributed by atoms with van der Waals surface area (Å²) in [5, 5.41) is 12.2. The van der Waals surface area contributed by atoms with Gasteiger partial charge in [0.05, 0.1) is 5.88 Å². The largest absolute Gasteiger partial charge is 0.480 e. The zero-order valence-corrected chi connectivity index (χ0v) is 11.3. The minimum absolute atomic E-state index is 0.0216. The van der Waals surface area contributed by atoms with E-state index in [1.165, 1.54) is 16.7 Å². The van der Waals surface area contributed by atoms with E-state index in [2.05, 4.69) is 5.32 Å². The summed E-state index contributed by atoms with van der Waals surface area (Å²) in [7, 11) is 0. The Bertz CT molecular complexity index is 302. The number of carbonyl (C=O) groups excluding carboxylic acids is 1. The third-order valence-corrected chi connectivity index (χ3v) is 3.49. The highest BCUT2D eigenvalue weighted by Crippen LogP contribution is 2.21. The standard InChI is InChI=1S/C11H20N2O3S/c1-11(2,3)12-5-4-9(14)13-7-17-6-8(13)10(15)16/h8,12H,4-7H2,1-3H3,(H,15,16)/t8-/m0/s1. The van der Waals surface area contributed by atoms with Gasteiger partial charge >= 0.3 is 5.97 Å². The fourth-order valence-corrected chi connectivity index (χ4v) is 2.75. The van der Waals surface area contributed by atoms with Gasteiger partial charge in [-0.25, -0.2) is 4.79 Å². The SMILES string of the molecule is CC(C)(C)NCCC(=O)N1CSC[C@H]1C(=O)O. The lowest BCUT2D eigenvalue weighted by molar-refractivity contribution is -0.147. The molecular weight excluding hydrogens is 240 g/mol. The zero-order valence-electron chi connectivity index (χ0n) is 10.5. The van der Waals surface area contributed by atoms with Crippen molar-refractivity contribution in [2.75, 3.05) is 18.2 Å². The highest BCUT2D eigenvalue weighted by Gasteiger charge is 2.34. The molecule has 0 saturated carbocycles. The van der Waals surface area contributed by atoms with Crippen LogP contribution in [0.2, 0.25) is 0 Å². The number of hydrogen-bond donors (Lipinski definition) is 2. The molecule has 17 heavy (non-hydrogen) atoms. The second-order valence-electron chi connectivity index (χ2n) is 5.14. The highest BCUT2D eigenvalue weighted by molar-refractivity contribution is 7.99. The van der Waals surface area contributed by atoms with Gasteiger partial charge in [-0.3, -0.25) is 4.79 Å². The van der Waals surface area contributed by atoms with E-state index in [0.29, 0.717) is 24.6 Å². The second kappa shape index (κ2) is 5.73. The molecule has 1 fully saturated rings. The maximum Gasteiger partial charge on any atom is 0.327 e. The van der Waals surface area contributed by atoms with E-state index in [4.69, 9.17) is 5.11 Å². The van der Waals surface area contributed by atoms with Crippen LogP contribution < -0.4 is 5.32 Å². The first-order valence-corrected chi connectivity index (χ1v) is 6.82. The van der Waals surface area contributed by atoms with Gasteiger partial charge in [0.2, 0.25) is 5.91 Å². The number of carboxylic acids is 1. The van der Waals surface area contributed by atoms with Crippen molar-refractivity contribution < 1.29 is 14.7 Å². The van der Waals surface area contributed by atoms with E-state index in [9.17, 15) is 9.59 Å². The molecule has 0 aliphatic carbocycles. The van der Waals surface area contributed by atoms with Crippen LogP contribution in [0.5, 0.6) is 0 Å². The Morgan fingerprint density at radius 1 is 1.47 bits per heavy atom. The molecule has 0 radical (unpaired) electrons. The molecule has 1 aliphatic rings. The zero-order chi connectivity index (χ0) is 13.1. The van der Waals surface area contributed by atoms with Crippen LogP contribution in [0.25, 0.3) is 0 Å². The van der Waals surface area contributed by atoms with Crippen LogP contribution >= 0.6 is 11.8 Å². The van der Waals surface area contributed by atoms with Crippen LogP contribution in [0.1, 0.15) is 27.2 Å². The van der Waals surface area contributed by atoms with Crippen LogP contribution in [0.4, 0.5) is 0 Å². The van der Waals surface area contributed by atoms with Gasteiger partial charge in [0, 0.05) is 24.3 Å². The van der Waals surface area contributed by atoms with Crippen molar-refractivity contribution >= 4 is 23.6 Å². The van der Waals surface area contributed by atoms with E-state index in [1.807, 2.05) is 20.8 Å². The van der Waals surface area contributed by atoms with Gasteiger partial charge in [0.1, 0.15) is 6.04 Å². The maximum absolute atomic E-state index is 11.9.